The second-order valence-corrected chi connectivity index (χ2v) is 5.45. The zero-order valence-corrected chi connectivity index (χ0v) is 10.4. The number of amides is 1. The molecule has 2 bridgehead atoms. The number of hydrogen-bond acceptors (Lipinski definition) is 2. The molecule has 0 aromatic heterocycles. The first-order chi connectivity index (χ1) is 7.63. The van der Waals surface area contributed by atoms with Gasteiger partial charge >= 0.3 is 0 Å². The van der Waals surface area contributed by atoms with Gasteiger partial charge in [0.2, 0.25) is 5.91 Å². The zero-order chi connectivity index (χ0) is 11.7. The minimum Gasteiger partial charge on any atom is -0.393 e. The topological polar surface area (TPSA) is 40.5 Å². The van der Waals surface area contributed by atoms with Gasteiger partial charge in [-0.3, -0.25) is 4.79 Å². The summed E-state index contributed by atoms with van der Waals surface area (Å²) in [7, 11) is 0. The van der Waals surface area contributed by atoms with E-state index in [1.165, 1.54) is 0 Å². The summed E-state index contributed by atoms with van der Waals surface area (Å²) in [5, 5.41) is 9.69. The molecular weight excluding hydrogens is 202 g/mol. The van der Waals surface area contributed by atoms with E-state index in [0.717, 1.165) is 38.5 Å². The van der Waals surface area contributed by atoms with Gasteiger partial charge in [-0.05, 0) is 32.1 Å². The van der Waals surface area contributed by atoms with Crippen LogP contribution in [-0.2, 0) is 4.79 Å². The maximum absolute atomic E-state index is 12.3. The molecule has 0 aromatic rings. The van der Waals surface area contributed by atoms with Gasteiger partial charge in [0.1, 0.15) is 0 Å². The minimum atomic E-state index is -0.178. The number of fused-ring (bicyclic) bond motifs is 2. The summed E-state index contributed by atoms with van der Waals surface area (Å²) in [4.78, 5) is 14.4. The lowest BCUT2D eigenvalue weighted by Crippen LogP contribution is -2.49. The molecule has 0 spiro atoms. The molecule has 4 atom stereocenters. The Morgan fingerprint density at radius 1 is 1.38 bits per heavy atom. The number of aliphatic hydroxyl groups is 1. The van der Waals surface area contributed by atoms with E-state index in [9.17, 15) is 9.90 Å². The van der Waals surface area contributed by atoms with Crippen molar-refractivity contribution >= 4 is 5.91 Å². The third-order valence-electron chi connectivity index (χ3n) is 4.11. The zero-order valence-electron chi connectivity index (χ0n) is 10.4. The lowest BCUT2D eigenvalue weighted by molar-refractivity contribution is -0.141. The minimum absolute atomic E-state index is 0.156. The van der Waals surface area contributed by atoms with Crippen LogP contribution in [0.1, 0.15) is 52.4 Å². The molecule has 2 unspecified atom stereocenters. The van der Waals surface area contributed by atoms with Crippen molar-refractivity contribution in [1.29, 1.82) is 0 Å². The molecule has 0 radical (unpaired) electrons. The highest BCUT2D eigenvalue weighted by molar-refractivity contribution is 5.79. The van der Waals surface area contributed by atoms with Crippen LogP contribution in [0.2, 0.25) is 0 Å². The molecule has 3 heteroatoms. The van der Waals surface area contributed by atoms with Crippen molar-refractivity contribution in [2.45, 2.75) is 70.6 Å². The summed E-state index contributed by atoms with van der Waals surface area (Å²) in [5.74, 6) is 0.476. The molecular formula is C13H23NO2. The Labute approximate surface area is 97.8 Å². The molecule has 0 aliphatic carbocycles. The molecule has 2 rings (SSSR count). The predicted molar refractivity (Wildman–Crippen MR) is 63.0 cm³/mol. The van der Waals surface area contributed by atoms with Crippen molar-refractivity contribution in [2.24, 2.45) is 5.92 Å². The Balaban J connectivity index is 2.02. The highest BCUT2D eigenvalue weighted by atomic mass is 16.3. The highest BCUT2D eigenvalue weighted by Gasteiger charge is 2.43. The Kier molecular flexibility index (Phi) is 3.53. The van der Waals surface area contributed by atoms with E-state index in [1.807, 2.05) is 6.92 Å². The smallest absolute Gasteiger partial charge is 0.225 e. The largest absolute Gasteiger partial charge is 0.393 e. The molecule has 0 saturated carbocycles. The van der Waals surface area contributed by atoms with Gasteiger partial charge in [-0.1, -0.05) is 20.3 Å². The first kappa shape index (κ1) is 11.9. The highest BCUT2D eigenvalue weighted by Crippen LogP contribution is 2.36. The van der Waals surface area contributed by atoms with Crippen LogP contribution >= 0.6 is 0 Å². The molecule has 2 saturated heterocycles. The Hall–Kier alpha value is -0.570. The summed E-state index contributed by atoms with van der Waals surface area (Å²) in [6.45, 7) is 4.16. The number of carbonyl (C=O) groups excluding carboxylic acids is 1. The average molecular weight is 225 g/mol. The summed E-state index contributed by atoms with van der Waals surface area (Å²) in [6, 6.07) is 0.640. The van der Waals surface area contributed by atoms with Crippen LogP contribution < -0.4 is 0 Å². The molecule has 16 heavy (non-hydrogen) atoms. The van der Waals surface area contributed by atoms with Crippen molar-refractivity contribution < 1.29 is 9.90 Å². The summed E-state index contributed by atoms with van der Waals surface area (Å²) >= 11 is 0. The molecule has 1 amide bonds. The van der Waals surface area contributed by atoms with Crippen LogP contribution in [0, 0.1) is 5.92 Å². The average Bonchev–Trinajstić information content (AvgIpc) is 2.50. The molecule has 2 aliphatic rings. The Morgan fingerprint density at radius 3 is 2.44 bits per heavy atom. The fourth-order valence-corrected chi connectivity index (χ4v) is 3.32. The normalized spacial score (nSPS) is 35.2. The molecule has 2 aliphatic heterocycles. The number of nitrogens with zero attached hydrogens (tertiary/aromatic N) is 1. The molecule has 1 N–H and O–H groups in total. The SMILES string of the molecule is CCCC(C)C(=O)N1[C@@H]2CC[C@H]1CC(O)C2. The van der Waals surface area contributed by atoms with Gasteiger partial charge in [-0.2, -0.15) is 0 Å². The predicted octanol–water partition coefficient (Wildman–Crippen LogP) is 1.94. The quantitative estimate of drug-likeness (QED) is 0.797. The summed E-state index contributed by atoms with van der Waals surface area (Å²) in [5.41, 5.74) is 0. The van der Waals surface area contributed by atoms with E-state index in [0.29, 0.717) is 18.0 Å². The van der Waals surface area contributed by atoms with Crippen molar-refractivity contribution in [2.75, 3.05) is 0 Å². The number of aliphatic hydroxyl groups excluding tert-OH is 1. The van der Waals surface area contributed by atoms with Crippen molar-refractivity contribution in [3.05, 3.63) is 0 Å². The van der Waals surface area contributed by atoms with Gasteiger partial charge < -0.3 is 10.0 Å². The molecule has 2 fully saturated rings. The first-order valence-corrected chi connectivity index (χ1v) is 6.63. The van der Waals surface area contributed by atoms with E-state index in [4.69, 9.17) is 0 Å². The van der Waals surface area contributed by atoms with Gasteiger partial charge in [0.25, 0.3) is 0 Å². The lowest BCUT2D eigenvalue weighted by Gasteiger charge is -2.38. The molecule has 3 nitrogen and oxygen atoms in total. The van der Waals surface area contributed by atoms with Gasteiger partial charge in [-0.25, -0.2) is 0 Å². The Morgan fingerprint density at radius 2 is 1.94 bits per heavy atom. The second-order valence-electron chi connectivity index (χ2n) is 5.45. The number of rotatable bonds is 3. The van der Waals surface area contributed by atoms with Crippen molar-refractivity contribution in [3.63, 3.8) is 0 Å². The van der Waals surface area contributed by atoms with E-state index in [2.05, 4.69) is 11.8 Å². The van der Waals surface area contributed by atoms with Crippen LogP contribution in [0.25, 0.3) is 0 Å². The van der Waals surface area contributed by atoms with Crippen LogP contribution in [0.3, 0.4) is 0 Å². The van der Waals surface area contributed by atoms with Gasteiger partial charge in [-0.15, -0.1) is 0 Å². The van der Waals surface area contributed by atoms with Crippen molar-refractivity contribution in [1.82, 2.24) is 4.90 Å². The number of hydrogen-bond donors (Lipinski definition) is 1. The van der Waals surface area contributed by atoms with Gasteiger partial charge in [0.15, 0.2) is 0 Å². The first-order valence-electron chi connectivity index (χ1n) is 6.63. The van der Waals surface area contributed by atoms with Crippen LogP contribution in [-0.4, -0.2) is 34.1 Å². The third kappa shape index (κ3) is 2.10. The number of carbonyl (C=O) groups is 1. The van der Waals surface area contributed by atoms with E-state index in [-0.39, 0.29) is 12.0 Å². The molecule has 92 valence electrons. The summed E-state index contributed by atoms with van der Waals surface area (Å²) < 4.78 is 0. The fourth-order valence-electron chi connectivity index (χ4n) is 3.32. The molecule has 2 heterocycles. The van der Waals surface area contributed by atoms with Crippen LogP contribution in [0.4, 0.5) is 0 Å². The fraction of sp³-hybridized carbons (Fsp3) is 0.923. The monoisotopic (exact) mass is 225 g/mol. The maximum Gasteiger partial charge on any atom is 0.225 e. The van der Waals surface area contributed by atoms with Crippen molar-refractivity contribution in [3.8, 4) is 0 Å². The number of piperidine rings is 1. The summed E-state index contributed by atoms with van der Waals surface area (Å²) in [6.07, 6.45) is 5.64. The second kappa shape index (κ2) is 4.74. The standard InChI is InChI=1S/C13H23NO2/c1-3-4-9(2)13(16)14-10-5-6-11(14)8-12(15)7-10/h9-12,15H,3-8H2,1-2H3/t9?,10-,11+,12?. The Bertz CT molecular complexity index is 253. The van der Waals surface area contributed by atoms with E-state index >= 15 is 0 Å². The third-order valence-corrected chi connectivity index (χ3v) is 4.11. The lowest BCUT2D eigenvalue weighted by atomic mass is 9.96. The van der Waals surface area contributed by atoms with Crippen LogP contribution in [0.5, 0.6) is 0 Å². The maximum atomic E-state index is 12.3. The molecule has 0 aromatic carbocycles. The van der Waals surface area contributed by atoms with E-state index in [1.54, 1.807) is 0 Å². The van der Waals surface area contributed by atoms with Gasteiger partial charge in [0, 0.05) is 18.0 Å². The van der Waals surface area contributed by atoms with Crippen LogP contribution in [0.15, 0.2) is 0 Å². The van der Waals surface area contributed by atoms with E-state index < -0.39 is 0 Å². The van der Waals surface area contributed by atoms with Gasteiger partial charge in [0.05, 0.1) is 6.10 Å².